The van der Waals surface area contributed by atoms with E-state index in [9.17, 15) is 14.3 Å². The minimum Gasteiger partial charge on any atom is -0.455 e. The summed E-state index contributed by atoms with van der Waals surface area (Å²) in [6, 6.07) is 6.37. The van der Waals surface area contributed by atoms with Crippen molar-refractivity contribution < 1.29 is 19.0 Å². The van der Waals surface area contributed by atoms with Gasteiger partial charge in [0.1, 0.15) is 5.82 Å². The number of hydrogen-bond acceptors (Lipinski definition) is 5. The number of aromatic nitrogens is 2. The summed E-state index contributed by atoms with van der Waals surface area (Å²) in [5.74, 6) is 0.187. The number of thiocarbonyl (C=S) groups is 1. The first-order chi connectivity index (χ1) is 17.5. The molecule has 4 aliphatic rings. The summed E-state index contributed by atoms with van der Waals surface area (Å²) in [4.78, 5) is 12.9. The van der Waals surface area contributed by atoms with Crippen molar-refractivity contribution in [1.29, 1.82) is 0 Å². The number of benzene rings is 1. The maximum Gasteiger partial charge on any atom is 0.255 e. The summed E-state index contributed by atoms with van der Waals surface area (Å²) in [5, 5.41) is 15.9. The van der Waals surface area contributed by atoms with E-state index in [0.29, 0.717) is 12.8 Å². The van der Waals surface area contributed by atoms with Crippen LogP contribution in [-0.2, 0) is 16.0 Å². The molecule has 6 nitrogen and oxygen atoms in total. The largest absolute Gasteiger partial charge is 0.455 e. The van der Waals surface area contributed by atoms with Crippen LogP contribution < -0.4 is 5.73 Å². The van der Waals surface area contributed by atoms with Crippen LogP contribution in [0.25, 0.3) is 11.8 Å². The molecule has 2 aromatic rings. The van der Waals surface area contributed by atoms with Gasteiger partial charge in [-0.1, -0.05) is 19.4 Å². The molecule has 4 aliphatic carbocycles. The molecule has 0 spiro atoms. The van der Waals surface area contributed by atoms with E-state index in [1.165, 1.54) is 17.7 Å². The Kier molecular flexibility index (Phi) is 5.68. The molecule has 0 bridgehead atoms. The predicted molar refractivity (Wildman–Crippen MR) is 146 cm³/mol. The van der Waals surface area contributed by atoms with E-state index in [0.717, 1.165) is 42.6 Å². The Morgan fingerprint density at radius 1 is 1.30 bits per heavy atom. The maximum atomic E-state index is 13.5. The fourth-order valence-electron chi connectivity index (χ4n) is 8.70. The third-order valence-corrected chi connectivity index (χ3v) is 10.7. The number of nitrogens with two attached hydrogens (primary N) is 1. The Morgan fingerprint density at radius 2 is 2.03 bits per heavy atom. The van der Waals surface area contributed by atoms with Gasteiger partial charge in [-0.2, -0.15) is 5.10 Å². The number of ether oxygens (including phenoxy) is 1. The summed E-state index contributed by atoms with van der Waals surface area (Å²) in [6.45, 7) is 4.33. The van der Waals surface area contributed by atoms with Crippen molar-refractivity contribution in [2.45, 2.75) is 64.1 Å². The molecule has 9 heteroatoms. The van der Waals surface area contributed by atoms with Gasteiger partial charge in [0.15, 0.2) is 5.60 Å². The molecule has 6 rings (SSSR count). The van der Waals surface area contributed by atoms with Gasteiger partial charge in [0.05, 0.1) is 23.7 Å². The third kappa shape index (κ3) is 3.42. The first-order valence-corrected chi connectivity index (χ1v) is 13.8. The summed E-state index contributed by atoms with van der Waals surface area (Å²) < 4.78 is 21.3. The van der Waals surface area contributed by atoms with Gasteiger partial charge in [-0.15, -0.1) is 12.6 Å². The standard InChI is InChI=1S/C28H32FN3O3S2/c1-26-12-15-14-31-32(18-6-4-17(29)5-7-18)21(15)11-16(26)3-8-19-20-9-10-28(24(34)36,35-25(30)37)27(20,2)13-22(33)23(19)26/h4-7,11,14,19-20,22-23,33H,3,8-10,12-13H2,1-2H3,(H2,30,37)(H,34,36)/t19-,20-,22-,23+,26-,27-,28-/m0/s1. The molecule has 0 saturated heterocycles. The van der Waals surface area contributed by atoms with Crippen molar-refractivity contribution >= 4 is 41.2 Å². The Labute approximate surface area is 226 Å². The molecule has 196 valence electrons. The second-order valence-electron chi connectivity index (χ2n) is 11.8. The lowest BCUT2D eigenvalue weighted by Crippen LogP contribution is -2.62. The number of carbonyl (C=O) groups excluding carboxylic acids is 1. The van der Waals surface area contributed by atoms with E-state index in [1.54, 1.807) is 12.1 Å². The SMILES string of the molecule is C[C@]12Cc3cnn(-c4ccc(F)cc4)c3C=C1CC[C@@H]1[C@@H]2[C@@H](O)C[C@@]2(C)[C@H]1CC[C@]2(OC(N)=S)C(=O)S. The van der Waals surface area contributed by atoms with Gasteiger partial charge in [-0.3, -0.25) is 4.79 Å². The number of rotatable bonds is 3. The van der Waals surface area contributed by atoms with E-state index >= 15 is 0 Å². The van der Waals surface area contributed by atoms with Gasteiger partial charge >= 0.3 is 0 Å². The monoisotopic (exact) mass is 541 g/mol. The van der Waals surface area contributed by atoms with E-state index in [2.05, 4.69) is 37.7 Å². The molecule has 3 fully saturated rings. The third-order valence-electron chi connectivity index (χ3n) is 10.2. The zero-order valence-corrected chi connectivity index (χ0v) is 22.7. The molecule has 37 heavy (non-hydrogen) atoms. The minimum atomic E-state index is -1.22. The molecule has 0 unspecified atom stereocenters. The maximum absolute atomic E-state index is 13.5. The van der Waals surface area contributed by atoms with Gasteiger partial charge in [0.25, 0.3) is 5.17 Å². The number of carbonyl (C=O) groups is 1. The molecule has 0 aliphatic heterocycles. The van der Waals surface area contributed by atoms with Crippen LogP contribution in [0.4, 0.5) is 4.39 Å². The summed E-state index contributed by atoms with van der Waals surface area (Å²) >= 11 is 9.29. The van der Waals surface area contributed by atoms with Gasteiger partial charge in [0.2, 0.25) is 5.12 Å². The number of allylic oxidation sites excluding steroid dienone is 1. The van der Waals surface area contributed by atoms with Crippen LogP contribution in [0.1, 0.15) is 57.2 Å². The number of aliphatic hydroxyl groups is 1. The van der Waals surface area contributed by atoms with Crippen molar-refractivity contribution in [3.8, 4) is 5.69 Å². The molecule has 1 aromatic carbocycles. The van der Waals surface area contributed by atoms with Crippen molar-refractivity contribution in [3.63, 3.8) is 0 Å². The first kappa shape index (κ1) is 25.1. The molecular formula is C28H32FN3O3S2. The highest BCUT2D eigenvalue weighted by Gasteiger charge is 2.70. The number of hydrogen-bond donors (Lipinski definition) is 3. The van der Waals surface area contributed by atoms with E-state index in [-0.39, 0.29) is 39.3 Å². The Bertz CT molecular complexity index is 1330. The molecule has 3 N–H and O–H groups in total. The van der Waals surface area contributed by atoms with Crippen LogP contribution in [0.3, 0.4) is 0 Å². The van der Waals surface area contributed by atoms with E-state index in [4.69, 9.17) is 22.7 Å². The zero-order valence-electron chi connectivity index (χ0n) is 21.0. The lowest BCUT2D eigenvalue weighted by atomic mass is 9.45. The van der Waals surface area contributed by atoms with Crippen LogP contribution in [0.2, 0.25) is 0 Å². The predicted octanol–water partition coefficient (Wildman–Crippen LogP) is 4.62. The van der Waals surface area contributed by atoms with Gasteiger partial charge < -0.3 is 15.6 Å². The van der Waals surface area contributed by atoms with Crippen LogP contribution in [0, 0.1) is 34.4 Å². The van der Waals surface area contributed by atoms with Crippen molar-refractivity contribution in [2.75, 3.05) is 0 Å². The normalized spacial score (nSPS) is 38.0. The minimum absolute atomic E-state index is 0.0449. The van der Waals surface area contributed by atoms with Crippen LogP contribution in [0.5, 0.6) is 0 Å². The smallest absolute Gasteiger partial charge is 0.255 e. The summed E-state index contributed by atoms with van der Waals surface area (Å²) in [7, 11) is 0. The van der Waals surface area contributed by atoms with Gasteiger partial charge in [-0.25, -0.2) is 9.07 Å². The van der Waals surface area contributed by atoms with E-state index in [1.807, 2.05) is 10.9 Å². The molecule has 3 saturated carbocycles. The second kappa shape index (κ2) is 8.38. The number of nitrogens with zero attached hydrogens (tertiary/aromatic N) is 2. The fourth-order valence-corrected chi connectivity index (χ4v) is 9.25. The topological polar surface area (TPSA) is 90.4 Å². The number of aliphatic hydroxyl groups excluding tert-OH is 1. The Morgan fingerprint density at radius 3 is 2.70 bits per heavy atom. The lowest BCUT2D eigenvalue weighted by molar-refractivity contribution is -0.169. The molecular weight excluding hydrogens is 509 g/mol. The van der Waals surface area contributed by atoms with Crippen LogP contribution >= 0.6 is 24.8 Å². The fraction of sp³-hybridized carbons (Fsp3) is 0.536. The Hall–Kier alpha value is -2.23. The average molecular weight is 542 g/mol. The molecule has 0 radical (unpaired) electrons. The van der Waals surface area contributed by atoms with Crippen molar-refractivity contribution in [1.82, 2.24) is 9.78 Å². The molecule has 1 heterocycles. The second-order valence-corrected chi connectivity index (χ2v) is 12.6. The highest BCUT2D eigenvalue weighted by Crippen LogP contribution is 2.68. The lowest BCUT2D eigenvalue weighted by Gasteiger charge is -2.60. The molecule has 7 atom stereocenters. The van der Waals surface area contributed by atoms with Gasteiger partial charge in [-0.05, 0) is 110 Å². The number of halogens is 1. The van der Waals surface area contributed by atoms with Crippen LogP contribution in [0.15, 0.2) is 36.0 Å². The zero-order chi connectivity index (χ0) is 26.3. The van der Waals surface area contributed by atoms with Crippen molar-refractivity contribution in [3.05, 3.63) is 53.1 Å². The van der Waals surface area contributed by atoms with Gasteiger partial charge in [0, 0.05) is 5.41 Å². The molecule has 0 amide bonds. The summed E-state index contributed by atoms with van der Waals surface area (Å²) in [6.07, 6.45) is 7.86. The number of thiol groups is 1. The van der Waals surface area contributed by atoms with Crippen LogP contribution in [-0.4, -0.2) is 36.9 Å². The highest BCUT2D eigenvalue weighted by atomic mass is 32.1. The average Bonchev–Trinajstić information content (AvgIpc) is 3.35. The Balaban J connectivity index is 1.37. The number of fused-ring (bicyclic) bond motifs is 6. The first-order valence-electron chi connectivity index (χ1n) is 12.9. The summed E-state index contributed by atoms with van der Waals surface area (Å²) in [5.41, 5.74) is 8.01. The quantitative estimate of drug-likeness (QED) is 0.388. The molecule has 1 aromatic heterocycles. The van der Waals surface area contributed by atoms with Crippen molar-refractivity contribution in [2.24, 2.45) is 34.3 Å². The highest BCUT2D eigenvalue weighted by molar-refractivity contribution is 7.96. The van der Waals surface area contributed by atoms with E-state index < -0.39 is 17.1 Å².